The minimum absolute atomic E-state index is 0.0578. The van der Waals surface area contributed by atoms with E-state index < -0.39 is 5.60 Å². The van der Waals surface area contributed by atoms with Gasteiger partial charge in [0.25, 0.3) is 0 Å². The smallest absolute Gasteiger partial charge is 0.146 e. The zero-order chi connectivity index (χ0) is 18.8. The lowest BCUT2D eigenvalue weighted by Crippen LogP contribution is -2.51. The highest BCUT2D eigenvalue weighted by Crippen LogP contribution is 2.63. The van der Waals surface area contributed by atoms with Gasteiger partial charge >= 0.3 is 0 Å². The quantitative estimate of drug-likeness (QED) is 0.717. The molecule has 0 unspecified atom stereocenters. The van der Waals surface area contributed by atoms with Crippen molar-refractivity contribution in [2.24, 2.45) is 5.41 Å². The van der Waals surface area contributed by atoms with Crippen molar-refractivity contribution in [1.29, 1.82) is 0 Å². The summed E-state index contributed by atoms with van der Waals surface area (Å²) in [5.74, 6) is 1.43. The van der Waals surface area contributed by atoms with Crippen molar-refractivity contribution >= 4 is 29.0 Å². The number of aromatic nitrogens is 1. The molecule has 1 heterocycles. The molecule has 3 aliphatic carbocycles. The van der Waals surface area contributed by atoms with E-state index >= 15 is 0 Å². The maximum atomic E-state index is 11.6. The lowest BCUT2D eigenvalue weighted by molar-refractivity contribution is -0.156. The van der Waals surface area contributed by atoms with E-state index in [9.17, 15) is 9.90 Å². The largest absolute Gasteiger partial charge is 0.385 e. The Morgan fingerprint density at radius 1 is 1.11 bits per heavy atom. The first-order chi connectivity index (χ1) is 12.9. The SMILES string of the molecule is O=C1CCC2(CC1)CC(O)(c1c(-c3c(Cl)cccc3Cl)noc1C1CC1)C2. The van der Waals surface area contributed by atoms with Gasteiger partial charge in [0, 0.05) is 24.3 Å². The molecule has 142 valence electrons. The van der Waals surface area contributed by atoms with Crippen LogP contribution >= 0.6 is 23.2 Å². The van der Waals surface area contributed by atoms with Gasteiger partial charge in [0.05, 0.1) is 21.2 Å². The molecule has 1 aromatic heterocycles. The molecule has 3 fully saturated rings. The molecular weight excluding hydrogens is 385 g/mol. The van der Waals surface area contributed by atoms with Crippen molar-refractivity contribution in [3.8, 4) is 11.3 Å². The molecule has 2 aromatic rings. The molecule has 0 bridgehead atoms. The third-order valence-corrected chi connectivity index (χ3v) is 7.16. The first-order valence-corrected chi connectivity index (χ1v) is 10.3. The molecule has 0 aliphatic heterocycles. The van der Waals surface area contributed by atoms with E-state index in [0.717, 1.165) is 37.0 Å². The van der Waals surface area contributed by atoms with Gasteiger partial charge in [0.1, 0.15) is 17.2 Å². The van der Waals surface area contributed by atoms with Crippen LogP contribution in [0.5, 0.6) is 0 Å². The number of ketones is 1. The monoisotopic (exact) mass is 405 g/mol. The normalized spacial score (nSPS) is 23.4. The molecule has 1 aromatic carbocycles. The van der Waals surface area contributed by atoms with Gasteiger partial charge in [-0.3, -0.25) is 4.79 Å². The lowest BCUT2D eigenvalue weighted by Gasteiger charge is -2.55. The van der Waals surface area contributed by atoms with Crippen molar-refractivity contribution in [1.82, 2.24) is 5.16 Å². The van der Waals surface area contributed by atoms with Crippen LogP contribution in [0, 0.1) is 5.41 Å². The van der Waals surface area contributed by atoms with Crippen LogP contribution in [-0.4, -0.2) is 16.0 Å². The molecular formula is C21H21Cl2NO3. The average Bonchev–Trinajstić information content (AvgIpc) is 3.36. The first-order valence-electron chi connectivity index (χ1n) is 9.59. The molecule has 0 radical (unpaired) electrons. The Hall–Kier alpha value is -1.36. The molecule has 3 aliphatic rings. The minimum atomic E-state index is -0.990. The van der Waals surface area contributed by atoms with E-state index in [-0.39, 0.29) is 5.41 Å². The standard InChI is InChI=1S/C21H21Cl2NO3/c22-14-2-1-3-15(23)16(14)18-17(19(27-24-18)12-4-5-12)21(26)10-20(11-21)8-6-13(25)7-9-20/h1-3,12,26H,4-11H2. The zero-order valence-electron chi connectivity index (χ0n) is 14.9. The average molecular weight is 406 g/mol. The fraction of sp³-hybridized carbons (Fsp3) is 0.524. The third-order valence-electron chi connectivity index (χ3n) is 6.53. The zero-order valence-corrected chi connectivity index (χ0v) is 16.4. The highest BCUT2D eigenvalue weighted by Gasteiger charge is 2.58. The van der Waals surface area contributed by atoms with Crippen LogP contribution in [0.1, 0.15) is 68.6 Å². The van der Waals surface area contributed by atoms with Crippen LogP contribution in [0.2, 0.25) is 10.0 Å². The molecule has 0 saturated heterocycles. The number of Topliss-reactive ketones (excluding diaryl/α,β-unsaturated/α-hetero) is 1. The van der Waals surface area contributed by atoms with Crippen molar-refractivity contribution < 1.29 is 14.4 Å². The Labute approximate surface area is 167 Å². The molecule has 27 heavy (non-hydrogen) atoms. The first kappa shape index (κ1) is 17.7. The second kappa shape index (κ2) is 6.07. The number of halogens is 2. The second-order valence-corrected chi connectivity index (χ2v) is 9.38. The van der Waals surface area contributed by atoms with Crippen LogP contribution in [0.25, 0.3) is 11.3 Å². The molecule has 5 rings (SSSR count). The Kier molecular flexibility index (Phi) is 3.98. The molecule has 0 atom stereocenters. The van der Waals surface area contributed by atoms with Gasteiger partial charge < -0.3 is 9.63 Å². The predicted octanol–water partition coefficient (Wildman–Crippen LogP) is 5.64. The number of carbonyl (C=O) groups excluding carboxylic acids is 1. The van der Waals surface area contributed by atoms with Gasteiger partial charge in [0.2, 0.25) is 0 Å². The number of hydrogen-bond acceptors (Lipinski definition) is 4. The van der Waals surface area contributed by atoms with E-state index in [2.05, 4.69) is 5.16 Å². The summed E-state index contributed by atoms with van der Waals surface area (Å²) in [7, 11) is 0. The molecule has 4 nitrogen and oxygen atoms in total. The molecule has 6 heteroatoms. The van der Waals surface area contributed by atoms with Crippen LogP contribution in [0.3, 0.4) is 0 Å². The van der Waals surface area contributed by atoms with Crippen LogP contribution in [0.15, 0.2) is 22.7 Å². The van der Waals surface area contributed by atoms with Gasteiger partial charge in [-0.25, -0.2) is 0 Å². The third kappa shape index (κ3) is 2.84. The molecule has 1 N–H and O–H groups in total. The summed E-state index contributed by atoms with van der Waals surface area (Å²) in [6.45, 7) is 0. The summed E-state index contributed by atoms with van der Waals surface area (Å²) < 4.78 is 5.72. The fourth-order valence-corrected chi connectivity index (χ4v) is 5.63. The Balaban J connectivity index is 1.56. The van der Waals surface area contributed by atoms with Gasteiger partial charge in [-0.15, -0.1) is 0 Å². The van der Waals surface area contributed by atoms with Gasteiger partial charge in [-0.05, 0) is 56.1 Å². The summed E-state index contributed by atoms with van der Waals surface area (Å²) in [4.78, 5) is 11.6. The van der Waals surface area contributed by atoms with E-state index in [1.165, 1.54) is 0 Å². The Morgan fingerprint density at radius 3 is 2.33 bits per heavy atom. The summed E-state index contributed by atoms with van der Waals surface area (Å²) in [5.41, 5.74) is 1.03. The number of hydrogen-bond donors (Lipinski definition) is 1. The van der Waals surface area contributed by atoms with Crippen LogP contribution < -0.4 is 0 Å². The minimum Gasteiger partial charge on any atom is -0.385 e. The van der Waals surface area contributed by atoms with E-state index in [4.69, 9.17) is 27.7 Å². The second-order valence-electron chi connectivity index (χ2n) is 8.57. The van der Waals surface area contributed by atoms with E-state index in [1.54, 1.807) is 18.2 Å². The molecule has 0 amide bonds. The van der Waals surface area contributed by atoms with Crippen LogP contribution in [0.4, 0.5) is 0 Å². The van der Waals surface area contributed by atoms with E-state index in [1.807, 2.05) is 0 Å². The number of nitrogens with zero attached hydrogens (tertiary/aromatic N) is 1. The number of carbonyl (C=O) groups is 1. The summed E-state index contributed by atoms with van der Waals surface area (Å²) in [6, 6.07) is 5.34. The predicted molar refractivity (Wildman–Crippen MR) is 103 cm³/mol. The number of rotatable bonds is 3. The highest BCUT2D eigenvalue weighted by atomic mass is 35.5. The van der Waals surface area contributed by atoms with Gasteiger partial charge in [0.15, 0.2) is 0 Å². The maximum absolute atomic E-state index is 11.6. The van der Waals surface area contributed by atoms with Crippen molar-refractivity contribution in [2.45, 2.75) is 62.9 Å². The Morgan fingerprint density at radius 2 is 1.74 bits per heavy atom. The highest BCUT2D eigenvalue weighted by molar-refractivity contribution is 6.39. The van der Waals surface area contributed by atoms with Crippen molar-refractivity contribution in [3.05, 3.63) is 39.6 Å². The number of aliphatic hydroxyl groups is 1. The maximum Gasteiger partial charge on any atom is 0.146 e. The molecule has 1 spiro atoms. The summed E-state index contributed by atoms with van der Waals surface area (Å²) in [5, 5.41) is 16.9. The van der Waals surface area contributed by atoms with Gasteiger partial charge in [-0.2, -0.15) is 0 Å². The Bertz CT molecular complexity index is 893. The number of benzene rings is 1. The molecule has 3 saturated carbocycles. The van der Waals surface area contributed by atoms with Crippen molar-refractivity contribution in [3.63, 3.8) is 0 Å². The summed E-state index contributed by atoms with van der Waals surface area (Å²) in [6.07, 6.45) is 6.35. The van der Waals surface area contributed by atoms with Crippen molar-refractivity contribution in [2.75, 3.05) is 0 Å². The lowest BCUT2D eigenvalue weighted by atomic mass is 9.51. The fourth-order valence-electron chi connectivity index (χ4n) is 5.05. The van der Waals surface area contributed by atoms with E-state index in [0.29, 0.717) is 58.7 Å². The topological polar surface area (TPSA) is 63.3 Å². The summed E-state index contributed by atoms with van der Waals surface area (Å²) >= 11 is 12.8. The van der Waals surface area contributed by atoms with Crippen LogP contribution in [-0.2, 0) is 10.4 Å². The van der Waals surface area contributed by atoms with Gasteiger partial charge in [-0.1, -0.05) is 34.4 Å².